The summed E-state index contributed by atoms with van der Waals surface area (Å²) in [6.45, 7) is 1.75. The molecule has 0 atom stereocenters. The van der Waals surface area contributed by atoms with E-state index in [1.165, 1.54) is 0 Å². The molecule has 0 bridgehead atoms. The van der Waals surface area contributed by atoms with Crippen molar-refractivity contribution in [3.63, 3.8) is 0 Å². The van der Waals surface area contributed by atoms with Gasteiger partial charge < -0.3 is 9.84 Å². The number of rotatable bonds is 3. The third-order valence-corrected chi connectivity index (χ3v) is 3.26. The Morgan fingerprint density at radius 2 is 2.00 bits per heavy atom. The van der Waals surface area contributed by atoms with E-state index in [9.17, 15) is 4.79 Å². The number of benzene rings is 2. The molecule has 2 aromatic carbocycles. The first-order chi connectivity index (χ1) is 10.1. The fraction of sp³-hybridized carbons (Fsp3) is 0.0588. The first-order valence-corrected chi connectivity index (χ1v) is 6.51. The molecule has 0 aliphatic rings. The second-order valence-corrected chi connectivity index (χ2v) is 4.71. The molecule has 3 rings (SSSR count). The van der Waals surface area contributed by atoms with E-state index < -0.39 is 5.97 Å². The SMILES string of the molecule is Cc1cc(Oc2cccc3ncccc23)ccc1C(=O)O. The third-order valence-electron chi connectivity index (χ3n) is 3.26. The van der Waals surface area contributed by atoms with Crippen molar-refractivity contribution in [3.05, 3.63) is 65.9 Å². The van der Waals surface area contributed by atoms with E-state index in [4.69, 9.17) is 9.84 Å². The monoisotopic (exact) mass is 279 g/mol. The summed E-state index contributed by atoms with van der Waals surface area (Å²) in [7, 11) is 0. The minimum atomic E-state index is -0.937. The Labute approximate surface area is 121 Å². The standard InChI is InChI=1S/C17H13NO3/c1-11-10-12(7-8-13(11)17(19)20)21-16-6-2-5-15-14(16)4-3-9-18-15/h2-10H,1H3,(H,19,20). The molecule has 0 aliphatic heterocycles. The highest BCUT2D eigenvalue weighted by Gasteiger charge is 2.09. The van der Waals surface area contributed by atoms with Gasteiger partial charge in [0.1, 0.15) is 11.5 Å². The topological polar surface area (TPSA) is 59.4 Å². The average Bonchev–Trinajstić information content (AvgIpc) is 2.47. The third kappa shape index (κ3) is 2.56. The van der Waals surface area contributed by atoms with Gasteiger partial charge in [0.05, 0.1) is 11.1 Å². The minimum absolute atomic E-state index is 0.280. The van der Waals surface area contributed by atoms with E-state index >= 15 is 0 Å². The molecule has 0 aliphatic carbocycles. The fourth-order valence-corrected chi connectivity index (χ4v) is 2.23. The lowest BCUT2D eigenvalue weighted by Gasteiger charge is -2.10. The number of hydrogen-bond donors (Lipinski definition) is 1. The number of ether oxygens (including phenoxy) is 1. The number of hydrogen-bond acceptors (Lipinski definition) is 3. The van der Waals surface area contributed by atoms with E-state index in [0.29, 0.717) is 17.1 Å². The van der Waals surface area contributed by atoms with Crippen LogP contribution in [0.25, 0.3) is 10.9 Å². The van der Waals surface area contributed by atoms with Crippen LogP contribution >= 0.6 is 0 Å². The van der Waals surface area contributed by atoms with Crippen molar-refractivity contribution < 1.29 is 14.6 Å². The molecular formula is C17H13NO3. The quantitative estimate of drug-likeness (QED) is 0.786. The Kier molecular flexibility index (Phi) is 3.28. The van der Waals surface area contributed by atoms with Crippen LogP contribution in [-0.4, -0.2) is 16.1 Å². The molecule has 0 radical (unpaired) electrons. The largest absolute Gasteiger partial charge is 0.478 e. The summed E-state index contributed by atoms with van der Waals surface area (Å²) in [5, 5.41) is 9.96. The predicted octanol–water partition coefficient (Wildman–Crippen LogP) is 4.03. The molecule has 0 amide bonds. The first kappa shape index (κ1) is 13.1. The van der Waals surface area contributed by atoms with Crippen LogP contribution in [0.5, 0.6) is 11.5 Å². The number of aryl methyl sites for hydroxylation is 1. The van der Waals surface area contributed by atoms with Gasteiger partial charge in [-0.2, -0.15) is 0 Å². The van der Waals surface area contributed by atoms with E-state index in [-0.39, 0.29) is 5.56 Å². The van der Waals surface area contributed by atoms with Gasteiger partial charge >= 0.3 is 5.97 Å². The van der Waals surface area contributed by atoms with Gasteiger partial charge in [0.15, 0.2) is 0 Å². The molecular weight excluding hydrogens is 266 g/mol. The number of carboxylic acid groups (broad SMARTS) is 1. The summed E-state index contributed by atoms with van der Waals surface area (Å²) in [6, 6.07) is 14.4. The number of pyridine rings is 1. The summed E-state index contributed by atoms with van der Waals surface area (Å²) in [4.78, 5) is 15.3. The lowest BCUT2D eigenvalue weighted by molar-refractivity contribution is 0.0696. The number of carboxylic acids is 1. The number of nitrogens with zero attached hydrogens (tertiary/aromatic N) is 1. The lowest BCUT2D eigenvalue weighted by Crippen LogP contribution is -1.99. The Morgan fingerprint density at radius 3 is 2.76 bits per heavy atom. The molecule has 4 nitrogen and oxygen atoms in total. The molecule has 1 aromatic heterocycles. The molecule has 3 aromatic rings. The summed E-state index contributed by atoms with van der Waals surface area (Å²) < 4.78 is 5.87. The van der Waals surface area contributed by atoms with Gasteiger partial charge in [-0.15, -0.1) is 0 Å². The molecule has 0 saturated heterocycles. The van der Waals surface area contributed by atoms with E-state index in [0.717, 1.165) is 10.9 Å². The second-order valence-electron chi connectivity index (χ2n) is 4.71. The molecule has 0 spiro atoms. The van der Waals surface area contributed by atoms with Crippen LogP contribution in [0.15, 0.2) is 54.7 Å². The highest BCUT2D eigenvalue weighted by Crippen LogP contribution is 2.29. The smallest absolute Gasteiger partial charge is 0.335 e. The van der Waals surface area contributed by atoms with Gasteiger partial charge in [0.25, 0.3) is 0 Å². The van der Waals surface area contributed by atoms with Crippen LogP contribution in [-0.2, 0) is 0 Å². The van der Waals surface area contributed by atoms with Crippen LogP contribution in [0, 0.1) is 6.92 Å². The highest BCUT2D eigenvalue weighted by molar-refractivity contribution is 5.89. The van der Waals surface area contributed by atoms with Crippen molar-refractivity contribution in [1.82, 2.24) is 4.98 Å². The molecule has 4 heteroatoms. The summed E-state index contributed by atoms with van der Waals surface area (Å²) in [5.41, 5.74) is 1.80. The summed E-state index contributed by atoms with van der Waals surface area (Å²) >= 11 is 0. The lowest BCUT2D eigenvalue weighted by atomic mass is 10.1. The van der Waals surface area contributed by atoms with Crippen LogP contribution in [0.1, 0.15) is 15.9 Å². The van der Waals surface area contributed by atoms with Gasteiger partial charge in [-0.05, 0) is 55.0 Å². The Bertz CT molecular complexity index is 822. The Hall–Kier alpha value is -2.88. The van der Waals surface area contributed by atoms with Gasteiger partial charge in [0.2, 0.25) is 0 Å². The molecule has 0 unspecified atom stereocenters. The van der Waals surface area contributed by atoms with Crippen molar-refractivity contribution in [1.29, 1.82) is 0 Å². The highest BCUT2D eigenvalue weighted by atomic mass is 16.5. The van der Waals surface area contributed by atoms with Crippen molar-refractivity contribution in [2.24, 2.45) is 0 Å². The van der Waals surface area contributed by atoms with Gasteiger partial charge in [-0.3, -0.25) is 4.98 Å². The van der Waals surface area contributed by atoms with Crippen molar-refractivity contribution in [2.75, 3.05) is 0 Å². The normalized spacial score (nSPS) is 10.5. The molecule has 1 N–H and O–H groups in total. The Balaban J connectivity index is 1.99. The van der Waals surface area contributed by atoms with Crippen molar-refractivity contribution >= 4 is 16.9 Å². The zero-order chi connectivity index (χ0) is 14.8. The fourth-order valence-electron chi connectivity index (χ4n) is 2.23. The van der Waals surface area contributed by atoms with Gasteiger partial charge in [0, 0.05) is 11.6 Å². The number of aromatic carboxylic acids is 1. The predicted molar refractivity (Wildman–Crippen MR) is 80.0 cm³/mol. The van der Waals surface area contributed by atoms with Crippen LogP contribution in [0.3, 0.4) is 0 Å². The van der Waals surface area contributed by atoms with E-state index in [2.05, 4.69) is 4.98 Å². The van der Waals surface area contributed by atoms with Crippen LogP contribution in [0.4, 0.5) is 0 Å². The summed E-state index contributed by atoms with van der Waals surface area (Å²) in [5.74, 6) is 0.366. The average molecular weight is 279 g/mol. The molecule has 21 heavy (non-hydrogen) atoms. The maximum Gasteiger partial charge on any atom is 0.335 e. The zero-order valence-corrected chi connectivity index (χ0v) is 11.4. The van der Waals surface area contributed by atoms with Crippen LogP contribution < -0.4 is 4.74 Å². The zero-order valence-electron chi connectivity index (χ0n) is 11.4. The number of carbonyl (C=O) groups is 1. The first-order valence-electron chi connectivity index (χ1n) is 6.51. The van der Waals surface area contributed by atoms with Gasteiger partial charge in [-0.25, -0.2) is 4.79 Å². The van der Waals surface area contributed by atoms with Gasteiger partial charge in [-0.1, -0.05) is 6.07 Å². The van der Waals surface area contributed by atoms with Crippen LogP contribution in [0.2, 0.25) is 0 Å². The number of fused-ring (bicyclic) bond motifs is 1. The van der Waals surface area contributed by atoms with E-state index in [1.54, 1.807) is 31.3 Å². The maximum atomic E-state index is 11.0. The molecule has 0 saturated carbocycles. The maximum absolute atomic E-state index is 11.0. The van der Waals surface area contributed by atoms with Crippen molar-refractivity contribution in [2.45, 2.75) is 6.92 Å². The van der Waals surface area contributed by atoms with Crippen molar-refractivity contribution in [3.8, 4) is 11.5 Å². The second kappa shape index (κ2) is 5.25. The molecule has 0 fully saturated rings. The number of aromatic nitrogens is 1. The molecule has 1 heterocycles. The minimum Gasteiger partial charge on any atom is -0.478 e. The molecule has 104 valence electrons. The summed E-state index contributed by atoms with van der Waals surface area (Å²) in [6.07, 6.45) is 1.73. The Morgan fingerprint density at radius 1 is 1.14 bits per heavy atom. The van der Waals surface area contributed by atoms with E-state index in [1.807, 2.05) is 30.3 Å².